The number of nitrogens with two attached hydrogens (primary N) is 1. The van der Waals surface area contributed by atoms with E-state index < -0.39 is 10.0 Å². The van der Waals surface area contributed by atoms with E-state index >= 15 is 0 Å². The van der Waals surface area contributed by atoms with Gasteiger partial charge < -0.3 is 16.0 Å². The van der Waals surface area contributed by atoms with Crippen molar-refractivity contribution in [3.05, 3.63) is 22.7 Å². The summed E-state index contributed by atoms with van der Waals surface area (Å²) in [6.45, 7) is 1.93. The topological polar surface area (TPSA) is 105 Å². The average molecular weight is 335 g/mol. The highest BCUT2D eigenvalue weighted by atomic mass is 35.5. The highest BCUT2D eigenvalue weighted by molar-refractivity contribution is 7.89. The Labute approximate surface area is 129 Å². The summed E-state index contributed by atoms with van der Waals surface area (Å²) in [6, 6.07) is 2.45. The molecule has 0 aromatic heterocycles. The van der Waals surface area contributed by atoms with Crippen LogP contribution in [0.1, 0.15) is 5.56 Å². The van der Waals surface area contributed by atoms with Crippen LogP contribution in [0.15, 0.2) is 17.0 Å². The van der Waals surface area contributed by atoms with E-state index in [1.165, 1.54) is 17.0 Å². The summed E-state index contributed by atoms with van der Waals surface area (Å²) < 4.78 is 26.6. The Morgan fingerprint density at radius 2 is 1.95 bits per heavy atom. The first-order valence-electron chi connectivity index (χ1n) is 6.15. The molecule has 0 saturated carbocycles. The molecule has 9 heteroatoms. The second-order valence-corrected chi connectivity index (χ2v) is 6.81. The van der Waals surface area contributed by atoms with Gasteiger partial charge in [-0.15, -0.1) is 0 Å². The number of benzene rings is 1. The molecule has 0 atom stereocenters. The zero-order chi connectivity index (χ0) is 16.2. The van der Waals surface area contributed by atoms with Gasteiger partial charge in [0.15, 0.2) is 0 Å². The first-order chi connectivity index (χ1) is 9.65. The lowest BCUT2D eigenvalue weighted by Gasteiger charge is -2.13. The molecule has 0 aliphatic heterocycles. The second-order valence-electron chi connectivity index (χ2n) is 4.67. The molecule has 0 heterocycles. The number of rotatable bonds is 5. The van der Waals surface area contributed by atoms with Crippen LogP contribution in [0, 0.1) is 6.92 Å². The van der Waals surface area contributed by atoms with Crippen molar-refractivity contribution in [1.29, 1.82) is 0 Å². The van der Waals surface area contributed by atoms with Gasteiger partial charge in [0.2, 0.25) is 10.0 Å². The van der Waals surface area contributed by atoms with Gasteiger partial charge >= 0.3 is 6.03 Å². The highest BCUT2D eigenvalue weighted by Gasteiger charge is 2.16. The first-order valence-corrected chi connectivity index (χ1v) is 8.01. The number of nitrogens with zero attached hydrogens (tertiary/aromatic N) is 1. The van der Waals surface area contributed by atoms with E-state index in [1.807, 2.05) is 0 Å². The number of sulfonamides is 1. The zero-order valence-corrected chi connectivity index (χ0v) is 13.7. The highest BCUT2D eigenvalue weighted by Crippen LogP contribution is 2.26. The molecular formula is C12H19ClN4O3S. The molecule has 2 amide bonds. The van der Waals surface area contributed by atoms with Crippen LogP contribution in [0.5, 0.6) is 0 Å². The third kappa shape index (κ3) is 4.76. The number of aryl methyl sites for hydroxylation is 1. The fourth-order valence-corrected chi connectivity index (χ4v) is 2.77. The predicted octanol–water partition coefficient (Wildman–Crippen LogP) is 0.780. The Morgan fingerprint density at radius 1 is 1.33 bits per heavy atom. The van der Waals surface area contributed by atoms with Gasteiger partial charge in [-0.3, -0.25) is 0 Å². The standard InChI is InChI=1S/C12H19ClN4O3S/c1-8-6-9(7-10(14)11(8)13)21(19,20)16-5-4-15-12(18)17(2)3/h6-7,16H,4-5,14H2,1-3H3,(H,15,18). The molecule has 0 unspecified atom stereocenters. The molecule has 0 bridgehead atoms. The molecule has 0 saturated heterocycles. The lowest BCUT2D eigenvalue weighted by atomic mass is 10.2. The summed E-state index contributed by atoms with van der Waals surface area (Å²) in [5.74, 6) is 0. The van der Waals surface area contributed by atoms with Crippen LogP contribution in [0.2, 0.25) is 5.02 Å². The molecule has 0 aliphatic carbocycles. The number of amides is 2. The fraction of sp³-hybridized carbons (Fsp3) is 0.417. The minimum Gasteiger partial charge on any atom is -0.397 e. The Bertz CT molecular complexity index is 608. The molecule has 21 heavy (non-hydrogen) atoms. The number of carbonyl (C=O) groups is 1. The summed E-state index contributed by atoms with van der Waals surface area (Å²) in [6.07, 6.45) is 0. The number of nitrogen functional groups attached to an aromatic ring is 1. The van der Waals surface area contributed by atoms with E-state index in [2.05, 4.69) is 10.0 Å². The maximum atomic E-state index is 12.1. The minimum absolute atomic E-state index is 0.0424. The SMILES string of the molecule is Cc1cc(S(=O)(=O)NCCNC(=O)N(C)C)cc(N)c1Cl. The Hall–Kier alpha value is -1.51. The van der Waals surface area contributed by atoms with Crippen molar-refractivity contribution in [3.63, 3.8) is 0 Å². The normalized spacial score (nSPS) is 11.2. The van der Waals surface area contributed by atoms with Gasteiger partial charge in [0.1, 0.15) is 0 Å². The number of carbonyl (C=O) groups excluding carboxylic acids is 1. The molecule has 7 nitrogen and oxygen atoms in total. The lowest BCUT2D eigenvalue weighted by molar-refractivity contribution is 0.217. The lowest BCUT2D eigenvalue weighted by Crippen LogP contribution is -2.39. The van der Waals surface area contributed by atoms with Crippen molar-refractivity contribution in [1.82, 2.24) is 14.9 Å². The Morgan fingerprint density at radius 3 is 2.48 bits per heavy atom. The summed E-state index contributed by atoms with van der Waals surface area (Å²) in [4.78, 5) is 12.7. The van der Waals surface area contributed by atoms with Crippen molar-refractivity contribution in [2.24, 2.45) is 0 Å². The van der Waals surface area contributed by atoms with Crippen molar-refractivity contribution in [3.8, 4) is 0 Å². The monoisotopic (exact) mass is 334 g/mol. The van der Waals surface area contributed by atoms with Crippen LogP contribution < -0.4 is 15.8 Å². The van der Waals surface area contributed by atoms with Gasteiger partial charge in [0.25, 0.3) is 0 Å². The van der Waals surface area contributed by atoms with Gasteiger partial charge in [-0.1, -0.05) is 11.6 Å². The van der Waals surface area contributed by atoms with E-state index in [1.54, 1.807) is 21.0 Å². The maximum absolute atomic E-state index is 12.1. The van der Waals surface area contributed by atoms with Crippen LogP contribution in [0.3, 0.4) is 0 Å². The summed E-state index contributed by atoms with van der Waals surface area (Å²) >= 11 is 5.90. The molecular weight excluding hydrogens is 316 g/mol. The largest absolute Gasteiger partial charge is 0.397 e. The van der Waals surface area contributed by atoms with Crippen molar-refractivity contribution < 1.29 is 13.2 Å². The molecule has 0 aliphatic rings. The molecule has 0 fully saturated rings. The summed E-state index contributed by atoms with van der Waals surface area (Å²) in [5, 5.41) is 2.89. The Balaban J connectivity index is 2.68. The van der Waals surface area contributed by atoms with Crippen molar-refractivity contribution in [2.45, 2.75) is 11.8 Å². The van der Waals surface area contributed by atoms with Crippen LogP contribution >= 0.6 is 11.6 Å². The fourth-order valence-electron chi connectivity index (χ4n) is 1.51. The average Bonchev–Trinajstić information content (AvgIpc) is 2.39. The number of hydrogen-bond donors (Lipinski definition) is 3. The van der Waals surface area contributed by atoms with Gasteiger partial charge in [0, 0.05) is 27.2 Å². The smallest absolute Gasteiger partial charge is 0.316 e. The van der Waals surface area contributed by atoms with E-state index in [9.17, 15) is 13.2 Å². The van der Waals surface area contributed by atoms with Crippen LogP contribution in [0.4, 0.5) is 10.5 Å². The number of anilines is 1. The Kier molecular flexibility index (Phi) is 5.82. The van der Waals surface area contributed by atoms with E-state index in [0.717, 1.165) is 0 Å². The van der Waals surface area contributed by atoms with Gasteiger partial charge in [-0.25, -0.2) is 17.9 Å². The van der Waals surface area contributed by atoms with E-state index in [-0.39, 0.29) is 29.7 Å². The van der Waals surface area contributed by atoms with Gasteiger partial charge in [-0.2, -0.15) is 0 Å². The molecule has 0 radical (unpaired) electrons. The number of urea groups is 1. The molecule has 1 aromatic rings. The van der Waals surface area contributed by atoms with E-state index in [0.29, 0.717) is 10.6 Å². The van der Waals surface area contributed by atoms with Crippen molar-refractivity contribution >= 4 is 33.3 Å². The van der Waals surface area contributed by atoms with Crippen LogP contribution in [-0.2, 0) is 10.0 Å². The first kappa shape index (κ1) is 17.5. The van der Waals surface area contributed by atoms with Gasteiger partial charge in [0.05, 0.1) is 15.6 Å². The molecule has 1 aromatic carbocycles. The molecule has 1 rings (SSSR count). The molecule has 4 N–H and O–H groups in total. The minimum atomic E-state index is -3.69. The molecule has 0 spiro atoms. The predicted molar refractivity (Wildman–Crippen MR) is 82.9 cm³/mol. The number of hydrogen-bond acceptors (Lipinski definition) is 4. The number of nitrogens with one attached hydrogen (secondary N) is 2. The van der Waals surface area contributed by atoms with Crippen LogP contribution in [-0.4, -0.2) is 46.5 Å². The summed E-state index contributed by atoms with van der Waals surface area (Å²) in [5.41, 5.74) is 6.45. The quantitative estimate of drug-likeness (QED) is 0.546. The maximum Gasteiger partial charge on any atom is 0.316 e. The van der Waals surface area contributed by atoms with E-state index in [4.69, 9.17) is 17.3 Å². The third-order valence-corrected chi connectivity index (χ3v) is 4.62. The number of halogens is 1. The third-order valence-electron chi connectivity index (χ3n) is 2.67. The van der Waals surface area contributed by atoms with Gasteiger partial charge in [-0.05, 0) is 24.6 Å². The summed E-state index contributed by atoms with van der Waals surface area (Å²) in [7, 11) is -0.502. The van der Waals surface area contributed by atoms with Crippen molar-refractivity contribution in [2.75, 3.05) is 32.9 Å². The second kappa shape index (κ2) is 6.97. The zero-order valence-electron chi connectivity index (χ0n) is 12.1. The van der Waals surface area contributed by atoms with Crippen LogP contribution in [0.25, 0.3) is 0 Å². The molecule has 118 valence electrons.